The lowest BCUT2D eigenvalue weighted by Gasteiger charge is -2.18. The van der Waals surface area contributed by atoms with Crippen LogP contribution in [0.4, 0.5) is 8.78 Å². The maximum atomic E-state index is 14.3. The number of carbonyl (C=O) groups excluding carboxylic acids is 1. The van der Waals surface area contributed by atoms with Gasteiger partial charge < -0.3 is 15.2 Å². The molecule has 0 saturated heterocycles. The average molecular weight is 426 g/mol. The summed E-state index contributed by atoms with van der Waals surface area (Å²) in [6, 6.07) is 12.0. The van der Waals surface area contributed by atoms with Gasteiger partial charge in [0.05, 0.1) is 19.6 Å². The Balaban J connectivity index is 1.95. The van der Waals surface area contributed by atoms with Crippen LogP contribution in [0.25, 0.3) is 11.3 Å². The zero-order valence-corrected chi connectivity index (χ0v) is 16.9. The minimum atomic E-state index is -1.09. The van der Waals surface area contributed by atoms with Crippen molar-refractivity contribution in [2.75, 3.05) is 7.11 Å². The van der Waals surface area contributed by atoms with Crippen LogP contribution < -0.4 is 10.1 Å². The van der Waals surface area contributed by atoms with Crippen LogP contribution in [0.15, 0.2) is 54.6 Å². The van der Waals surface area contributed by atoms with E-state index in [1.807, 2.05) is 19.1 Å². The number of rotatable bonds is 7. The molecule has 0 spiro atoms. The predicted octanol–water partition coefficient (Wildman–Crippen LogP) is 4.29. The van der Waals surface area contributed by atoms with Gasteiger partial charge in [-0.3, -0.25) is 9.59 Å². The Bertz CT molecular complexity index is 1120. The average Bonchev–Trinajstić information content (AvgIpc) is 2.74. The van der Waals surface area contributed by atoms with Gasteiger partial charge in [0.2, 0.25) is 0 Å². The van der Waals surface area contributed by atoms with Crippen LogP contribution in [-0.4, -0.2) is 29.1 Å². The predicted molar refractivity (Wildman–Crippen MR) is 110 cm³/mol. The molecule has 0 fully saturated rings. The molecule has 0 bridgehead atoms. The number of carbonyl (C=O) groups is 2. The first-order valence-electron chi connectivity index (χ1n) is 9.38. The van der Waals surface area contributed by atoms with Crippen molar-refractivity contribution in [1.29, 1.82) is 0 Å². The van der Waals surface area contributed by atoms with Crippen LogP contribution >= 0.6 is 0 Å². The van der Waals surface area contributed by atoms with Gasteiger partial charge in [0.1, 0.15) is 28.8 Å². The molecule has 0 aliphatic heterocycles. The summed E-state index contributed by atoms with van der Waals surface area (Å²) in [6.45, 7) is 1.89. The summed E-state index contributed by atoms with van der Waals surface area (Å²) < 4.78 is 33.1. The second-order valence-electron chi connectivity index (χ2n) is 6.91. The molecule has 0 saturated carbocycles. The second kappa shape index (κ2) is 9.34. The van der Waals surface area contributed by atoms with Crippen molar-refractivity contribution in [3.05, 3.63) is 83.1 Å². The Hall–Kier alpha value is -3.81. The van der Waals surface area contributed by atoms with Crippen LogP contribution in [0, 0.1) is 18.6 Å². The van der Waals surface area contributed by atoms with Crippen LogP contribution in [-0.2, 0) is 4.79 Å². The molecule has 160 valence electrons. The molecule has 0 unspecified atom stereocenters. The van der Waals surface area contributed by atoms with Gasteiger partial charge in [-0.25, -0.2) is 13.8 Å². The Labute approximate surface area is 177 Å². The number of nitrogens with zero attached hydrogens (tertiary/aromatic N) is 1. The summed E-state index contributed by atoms with van der Waals surface area (Å²) in [6.07, 6.45) is -0.337. The van der Waals surface area contributed by atoms with E-state index in [2.05, 4.69) is 10.3 Å². The molecule has 0 radical (unpaired) electrons. The lowest BCUT2D eigenvalue weighted by atomic mass is 10.0. The minimum Gasteiger partial charge on any atom is -0.494 e. The van der Waals surface area contributed by atoms with Crippen molar-refractivity contribution in [2.45, 2.75) is 19.4 Å². The van der Waals surface area contributed by atoms with Gasteiger partial charge in [-0.2, -0.15) is 0 Å². The summed E-state index contributed by atoms with van der Waals surface area (Å²) in [5.74, 6) is -2.99. The van der Waals surface area contributed by atoms with E-state index >= 15 is 0 Å². The summed E-state index contributed by atoms with van der Waals surface area (Å²) in [5, 5.41) is 11.9. The Kier molecular flexibility index (Phi) is 6.59. The Morgan fingerprint density at radius 1 is 1.10 bits per heavy atom. The van der Waals surface area contributed by atoms with E-state index < -0.39 is 29.6 Å². The standard InChI is InChI=1S/C23H20F2N2O4/c1-13-3-5-14(6-4-13)19(12-21(28)29)27-23(30)18-9-10-20(31-2)22(26-18)16-11-15(24)7-8-17(16)25/h3-11,19H,12H2,1-2H3,(H,27,30)(H,28,29)/t19-/m0/s1. The van der Waals surface area contributed by atoms with E-state index in [9.17, 15) is 23.5 Å². The lowest BCUT2D eigenvalue weighted by Crippen LogP contribution is -2.31. The number of ether oxygens (including phenoxy) is 1. The second-order valence-corrected chi connectivity index (χ2v) is 6.91. The molecule has 1 heterocycles. The van der Waals surface area contributed by atoms with E-state index in [-0.39, 0.29) is 29.1 Å². The topological polar surface area (TPSA) is 88.5 Å². The third-order valence-electron chi connectivity index (χ3n) is 4.66. The minimum absolute atomic E-state index is 0.0442. The Morgan fingerprint density at radius 2 is 1.81 bits per heavy atom. The van der Waals surface area contributed by atoms with Crippen molar-refractivity contribution in [2.24, 2.45) is 0 Å². The highest BCUT2D eigenvalue weighted by molar-refractivity contribution is 5.93. The highest BCUT2D eigenvalue weighted by Crippen LogP contribution is 2.31. The number of hydrogen-bond acceptors (Lipinski definition) is 4. The van der Waals surface area contributed by atoms with Crippen LogP contribution in [0.5, 0.6) is 5.75 Å². The Morgan fingerprint density at radius 3 is 2.45 bits per heavy atom. The van der Waals surface area contributed by atoms with Gasteiger partial charge in [0.25, 0.3) is 5.91 Å². The number of carboxylic acids is 1. The number of methoxy groups -OCH3 is 1. The van der Waals surface area contributed by atoms with E-state index in [1.165, 1.54) is 19.2 Å². The molecular weight excluding hydrogens is 406 g/mol. The monoisotopic (exact) mass is 426 g/mol. The molecule has 6 nitrogen and oxygen atoms in total. The van der Waals surface area contributed by atoms with Gasteiger partial charge in [-0.15, -0.1) is 0 Å². The molecule has 0 aliphatic carbocycles. The number of aliphatic carboxylic acids is 1. The third kappa shape index (κ3) is 5.22. The zero-order valence-electron chi connectivity index (χ0n) is 16.9. The van der Waals surface area contributed by atoms with Gasteiger partial charge in [0.15, 0.2) is 0 Å². The number of nitrogens with one attached hydrogen (secondary N) is 1. The molecular formula is C23H20F2N2O4. The largest absolute Gasteiger partial charge is 0.494 e. The molecule has 3 aromatic rings. The van der Waals surface area contributed by atoms with Gasteiger partial charge in [-0.05, 0) is 42.8 Å². The summed E-state index contributed by atoms with van der Waals surface area (Å²) >= 11 is 0. The van der Waals surface area contributed by atoms with Crippen molar-refractivity contribution in [1.82, 2.24) is 10.3 Å². The zero-order chi connectivity index (χ0) is 22.5. The number of halogens is 2. The van der Waals surface area contributed by atoms with Gasteiger partial charge >= 0.3 is 5.97 Å². The van der Waals surface area contributed by atoms with Crippen LogP contribution in [0.2, 0.25) is 0 Å². The molecule has 0 aliphatic rings. The molecule has 8 heteroatoms. The smallest absolute Gasteiger partial charge is 0.305 e. The van der Waals surface area contributed by atoms with Crippen molar-refractivity contribution in [3.8, 4) is 17.0 Å². The molecule has 3 rings (SSSR count). The van der Waals surface area contributed by atoms with E-state index in [0.717, 1.165) is 23.8 Å². The summed E-state index contributed by atoms with van der Waals surface area (Å²) in [5.41, 5.74) is 1.31. The highest BCUT2D eigenvalue weighted by Gasteiger charge is 2.22. The summed E-state index contributed by atoms with van der Waals surface area (Å²) in [4.78, 5) is 28.3. The van der Waals surface area contributed by atoms with Crippen molar-refractivity contribution < 1.29 is 28.2 Å². The van der Waals surface area contributed by atoms with E-state index in [4.69, 9.17) is 4.74 Å². The normalized spacial score (nSPS) is 11.6. The number of aryl methyl sites for hydroxylation is 1. The number of pyridine rings is 1. The number of hydrogen-bond donors (Lipinski definition) is 2. The van der Waals surface area contributed by atoms with Gasteiger partial charge in [0, 0.05) is 5.56 Å². The molecule has 1 atom stereocenters. The summed E-state index contributed by atoms with van der Waals surface area (Å²) in [7, 11) is 1.34. The number of amides is 1. The van der Waals surface area contributed by atoms with E-state index in [0.29, 0.717) is 5.56 Å². The quantitative estimate of drug-likeness (QED) is 0.588. The van der Waals surface area contributed by atoms with Crippen molar-refractivity contribution in [3.63, 3.8) is 0 Å². The van der Waals surface area contributed by atoms with Crippen molar-refractivity contribution >= 4 is 11.9 Å². The SMILES string of the molecule is COc1ccc(C(=O)N[C@@H](CC(=O)O)c2ccc(C)cc2)nc1-c1cc(F)ccc1F. The maximum Gasteiger partial charge on any atom is 0.305 e. The maximum absolute atomic E-state index is 14.3. The molecule has 1 amide bonds. The fourth-order valence-electron chi connectivity index (χ4n) is 3.07. The van der Waals surface area contributed by atoms with Crippen LogP contribution in [0.3, 0.4) is 0 Å². The third-order valence-corrected chi connectivity index (χ3v) is 4.66. The van der Waals surface area contributed by atoms with E-state index in [1.54, 1.807) is 12.1 Å². The molecule has 2 N–H and O–H groups in total. The van der Waals surface area contributed by atoms with Crippen LogP contribution in [0.1, 0.15) is 34.1 Å². The lowest BCUT2D eigenvalue weighted by molar-refractivity contribution is -0.137. The molecule has 2 aromatic carbocycles. The first-order chi connectivity index (χ1) is 14.8. The number of aromatic nitrogens is 1. The first-order valence-corrected chi connectivity index (χ1v) is 9.38. The molecule has 31 heavy (non-hydrogen) atoms. The van der Waals surface area contributed by atoms with Gasteiger partial charge in [-0.1, -0.05) is 29.8 Å². The number of benzene rings is 2. The highest BCUT2D eigenvalue weighted by atomic mass is 19.1. The number of carboxylic acid groups (broad SMARTS) is 1. The fourth-order valence-corrected chi connectivity index (χ4v) is 3.07. The molecule has 1 aromatic heterocycles. The fraction of sp³-hybridized carbons (Fsp3) is 0.174. The first kappa shape index (κ1) is 21.9.